The first-order valence-electron chi connectivity index (χ1n) is 7.82. The van der Waals surface area contributed by atoms with Crippen LogP contribution in [0, 0.1) is 0 Å². The zero-order valence-electron chi connectivity index (χ0n) is 13.8. The fourth-order valence-corrected chi connectivity index (χ4v) is 3.00. The van der Waals surface area contributed by atoms with E-state index in [2.05, 4.69) is 48.6 Å². The predicted octanol–water partition coefficient (Wildman–Crippen LogP) is 4.93. The summed E-state index contributed by atoms with van der Waals surface area (Å²) in [6.07, 6.45) is 11.0. The Bertz CT molecular complexity index is 553. The molecule has 0 bridgehead atoms. The summed E-state index contributed by atoms with van der Waals surface area (Å²) in [6.45, 7) is 6.81. The van der Waals surface area contributed by atoms with E-state index in [0.29, 0.717) is 5.92 Å². The van der Waals surface area contributed by atoms with Crippen LogP contribution in [-0.2, 0) is 9.53 Å². The summed E-state index contributed by atoms with van der Waals surface area (Å²) in [5.41, 5.74) is 5.79. The number of rotatable bonds is 2. The smallest absolute Gasteiger partial charge is 0.106 e. The van der Waals surface area contributed by atoms with Crippen molar-refractivity contribution in [3.8, 4) is 0 Å². The zero-order valence-corrected chi connectivity index (χ0v) is 13.8. The van der Waals surface area contributed by atoms with Gasteiger partial charge in [0.15, 0.2) is 0 Å². The first-order chi connectivity index (χ1) is 10.9. The number of allylic oxidation sites excluding steroid dienone is 6. The molecule has 2 aliphatic rings. The van der Waals surface area contributed by atoms with E-state index in [4.69, 9.17) is 9.53 Å². The molecule has 2 heteroatoms. The summed E-state index contributed by atoms with van der Waals surface area (Å²) in [4.78, 5) is 8.00. The Kier molecular flexibility index (Phi) is 8.16. The van der Waals surface area contributed by atoms with Crippen molar-refractivity contribution < 1.29 is 9.53 Å². The Morgan fingerprint density at radius 1 is 1.18 bits per heavy atom. The van der Waals surface area contributed by atoms with Gasteiger partial charge in [0.05, 0.1) is 6.61 Å². The molecule has 1 aromatic carbocycles. The standard InChI is InChI=1S/C17H18O.C2H6.CH2O/c1-18-12-14-11-13-7-3-2-4-8-15(13)17-10-6-5-9-16(14)17;2*1-2/h2-6,8-10,14H,7,11-12H2,1H3;1-2H3;1H2. The summed E-state index contributed by atoms with van der Waals surface area (Å²) in [5, 5.41) is 0. The minimum absolute atomic E-state index is 0.504. The van der Waals surface area contributed by atoms with Crippen LogP contribution in [0.3, 0.4) is 0 Å². The summed E-state index contributed by atoms with van der Waals surface area (Å²) in [5.74, 6) is 0.504. The molecule has 2 aliphatic carbocycles. The van der Waals surface area contributed by atoms with Gasteiger partial charge in [0, 0.05) is 13.0 Å². The summed E-state index contributed by atoms with van der Waals surface area (Å²) < 4.78 is 5.39. The number of hydrogen-bond acceptors (Lipinski definition) is 2. The van der Waals surface area contributed by atoms with Gasteiger partial charge in [0.1, 0.15) is 6.79 Å². The van der Waals surface area contributed by atoms with Crippen molar-refractivity contribution in [1.82, 2.24) is 0 Å². The molecule has 0 heterocycles. The van der Waals surface area contributed by atoms with Gasteiger partial charge < -0.3 is 9.53 Å². The quantitative estimate of drug-likeness (QED) is 0.773. The SMILES string of the molecule is C=O.CC.COCC1CC2=C(C=CC=CC2)c2ccccc21. The van der Waals surface area contributed by atoms with Crippen LogP contribution in [0.15, 0.2) is 54.1 Å². The maximum absolute atomic E-state index is 8.00. The van der Waals surface area contributed by atoms with Crippen molar-refractivity contribution in [3.63, 3.8) is 0 Å². The van der Waals surface area contributed by atoms with Gasteiger partial charge in [0.25, 0.3) is 0 Å². The number of benzene rings is 1. The van der Waals surface area contributed by atoms with E-state index >= 15 is 0 Å². The van der Waals surface area contributed by atoms with Crippen molar-refractivity contribution in [3.05, 3.63) is 65.3 Å². The average molecular weight is 298 g/mol. The highest BCUT2D eigenvalue weighted by Crippen LogP contribution is 2.41. The molecule has 0 N–H and O–H groups in total. The van der Waals surface area contributed by atoms with Crippen molar-refractivity contribution in [2.24, 2.45) is 0 Å². The molecule has 0 saturated carbocycles. The maximum Gasteiger partial charge on any atom is 0.106 e. The molecule has 0 aromatic heterocycles. The summed E-state index contributed by atoms with van der Waals surface area (Å²) in [6, 6.07) is 8.74. The Hall–Kier alpha value is -1.93. The molecule has 0 spiro atoms. The highest BCUT2D eigenvalue weighted by Gasteiger charge is 2.24. The van der Waals surface area contributed by atoms with E-state index in [-0.39, 0.29) is 0 Å². The van der Waals surface area contributed by atoms with E-state index in [1.54, 1.807) is 12.7 Å². The zero-order chi connectivity index (χ0) is 16.4. The average Bonchev–Trinajstić information content (AvgIpc) is 2.84. The van der Waals surface area contributed by atoms with Crippen molar-refractivity contribution in [2.45, 2.75) is 32.6 Å². The molecule has 0 saturated heterocycles. The number of ether oxygens (including phenoxy) is 1. The van der Waals surface area contributed by atoms with E-state index in [1.165, 1.54) is 16.7 Å². The number of carbonyl (C=O) groups is 1. The normalized spacial score (nSPS) is 18.0. The Labute approximate surface area is 134 Å². The van der Waals surface area contributed by atoms with E-state index in [0.717, 1.165) is 19.4 Å². The fraction of sp³-hybridized carbons (Fsp3) is 0.350. The molecule has 22 heavy (non-hydrogen) atoms. The topological polar surface area (TPSA) is 26.3 Å². The van der Waals surface area contributed by atoms with Crippen molar-refractivity contribution in [1.29, 1.82) is 0 Å². The molecule has 1 atom stereocenters. The Morgan fingerprint density at radius 3 is 2.64 bits per heavy atom. The molecule has 1 unspecified atom stereocenters. The third-order valence-electron chi connectivity index (χ3n) is 3.81. The van der Waals surface area contributed by atoms with E-state index in [9.17, 15) is 0 Å². The third-order valence-corrected chi connectivity index (χ3v) is 3.81. The first-order valence-corrected chi connectivity index (χ1v) is 7.82. The molecule has 0 aliphatic heterocycles. The van der Waals surface area contributed by atoms with E-state index < -0.39 is 0 Å². The second-order valence-corrected chi connectivity index (χ2v) is 4.95. The second-order valence-electron chi connectivity index (χ2n) is 4.95. The number of hydrogen-bond donors (Lipinski definition) is 0. The summed E-state index contributed by atoms with van der Waals surface area (Å²) in [7, 11) is 1.79. The van der Waals surface area contributed by atoms with E-state index in [1.807, 2.05) is 20.6 Å². The van der Waals surface area contributed by atoms with Crippen LogP contribution >= 0.6 is 0 Å². The van der Waals surface area contributed by atoms with Gasteiger partial charge in [-0.3, -0.25) is 0 Å². The lowest BCUT2D eigenvalue weighted by atomic mass is 9.78. The van der Waals surface area contributed by atoms with Crippen LogP contribution in [0.2, 0.25) is 0 Å². The van der Waals surface area contributed by atoms with Gasteiger partial charge in [-0.2, -0.15) is 0 Å². The monoisotopic (exact) mass is 298 g/mol. The minimum Gasteiger partial charge on any atom is -0.384 e. The lowest BCUT2D eigenvalue weighted by Gasteiger charge is -2.28. The van der Waals surface area contributed by atoms with Gasteiger partial charge >= 0.3 is 0 Å². The molecular formula is C20H26O2. The number of methoxy groups -OCH3 is 1. The first kappa shape index (κ1) is 18.1. The van der Waals surface area contributed by atoms with Crippen LogP contribution < -0.4 is 0 Å². The minimum atomic E-state index is 0.504. The molecule has 1 aromatic rings. The maximum atomic E-state index is 8.00. The van der Waals surface area contributed by atoms with Gasteiger partial charge in [-0.15, -0.1) is 0 Å². The highest BCUT2D eigenvalue weighted by molar-refractivity contribution is 5.81. The molecule has 0 amide bonds. The van der Waals surface area contributed by atoms with Crippen molar-refractivity contribution >= 4 is 12.4 Å². The largest absolute Gasteiger partial charge is 0.384 e. The van der Waals surface area contributed by atoms with Crippen LogP contribution in [0.5, 0.6) is 0 Å². The fourth-order valence-electron chi connectivity index (χ4n) is 3.00. The molecular weight excluding hydrogens is 272 g/mol. The van der Waals surface area contributed by atoms with Gasteiger partial charge in [0.2, 0.25) is 0 Å². The predicted molar refractivity (Wildman–Crippen MR) is 94.0 cm³/mol. The molecule has 0 radical (unpaired) electrons. The number of fused-ring (bicyclic) bond motifs is 2. The van der Waals surface area contributed by atoms with Crippen LogP contribution in [0.1, 0.15) is 43.7 Å². The van der Waals surface area contributed by atoms with Crippen LogP contribution in [0.4, 0.5) is 0 Å². The van der Waals surface area contributed by atoms with Gasteiger partial charge in [-0.1, -0.05) is 68.0 Å². The molecule has 118 valence electrons. The summed E-state index contributed by atoms with van der Waals surface area (Å²) >= 11 is 0. The molecule has 3 rings (SSSR count). The second kappa shape index (κ2) is 9.91. The Balaban J connectivity index is 0.000000561. The molecule has 2 nitrogen and oxygen atoms in total. The van der Waals surface area contributed by atoms with Crippen LogP contribution in [-0.4, -0.2) is 20.5 Å². The van der Waals surface area contributed by atoms with Gasteiger partial charge in [-0.05, 0) is 29.5 Å². The van der Waals surface area contributed by atoms with Crippen LogP contribution in [0.25, 0.3) is 5.57 Å². The lowest BCUT2D eigenvalue weighted by molar-refractivity contribution is -0.0979. The van der Waals surface area contributed by atoms with Gasteiger partial charge in [-0.25, -0.2) is 0 Å². The number of carbonyl (C=O) groups excluding carboxylic acids is 1. The van der Waals surface area contributed by atoms with Crippen molar-refractivity contribution in [2.75, 3.05) is 13.7 Å². The lowest BCUT2D eigenvalue weighted by Crippen LogP contribution is -2.14. The third kappa shape index (κ3) is 4.05. The Morgan fingerprint density at radius 2 is 1.91 bits per heavy atom. The highest BCUT2D eigenvalue weighted by atomic mass is 16.5. The molecule has 0 fully saturated rings.